The standard InChI is InChI=1S/C20H30N6O2/c1-4-27-15(2)19-24-18(28-25-19)14-22-20(21-3)23-16-10-12-26(13-11-16)17-8-6-5-7-9-17/h5-9,15-16H,4,10-14H2,1-3H3,(H2,21,22,23). The van der Waals surface area contributed by atoms with Crippen LogP contribution in [0, 0.1) is 0 Å². The van der Waals surface area contributed by atoms with Gasteiger partial charge in [0.25, 0.3) is 0 Å². The molecule has 1 aromatic carbocycles. The number of piperidine rings is 1. The minimum Gasteiger partial charge on any atom is -0.371 e. The lowest BCUT2D eigenvalue weighted by Gasteiger charge is -2.34. The number of aliphatic imine (C=N–C) groups is 1. The lowest BCUT2D eigenvalue weighted by molar-refractivity contribution is 0.0683. The Hall–Kier alpha value is -2.61. The van der Waals surface area contributed by atoms with Gasteiger partial charge in [0.15, 0.2) is 11.8 Å². The van der Waals surface area contributed by atoms with Crippen LogP contribution >= 0.6 is 0 Å². The summed E-state index contributed by atoms with van der Waals surface area (Å²) in [5.41, 5.74) is 1.29. The molecular weight excluding hydrogens is 356 g/mol. The highest BCUT2D eigenvalue weighted by Crippen LogP contribution is 2.19. The number of benzene rings is 1. The van der Waals surface area contributed by atoms with Crippen LogP contribution in [0.2, 0.25) is 0 Å². The zero-order valence-electron chi connectivity index (χ0n) is 16.9. The minimum atomic E-state index is -0.172. The van der Waals surface area contributed by atoms with E-state index < -0.39 is 0 Å². The molecule has 1 aliphatic rings. The first kappa shape index (κ1) is 20.1. The third-order valence-electron chi connectivity index (χ3n) is 4.85. The van der Waals surface area contributed by atoms with Crippen molar-refractivity contribution in [3.05, 3.63) is 42.0 Å². The number of anilines is 1. The highest BCUT2D eigenvalue weighted by atomic mass is 16.5. The van der Waals surface area contributed by atoms with Gasteiger partial charge >= 0.3 is 0 Å². The fourth-order valence-electron chi connectivity index (χ4n) is 3.30. The van der Waals surface area contributed by atoms with Crippen LogP contribution in [-0.2, 0) is 11.3 Å². The van der Waals surface area contributed by atoms with E-state index in [1.807, 2.05) is 13.8 Å². The highest BCUT2D eigenvalue weighted by molar-refractivity contribution is 5.79. The van der Waals surface area contributed by atoms with Gasteiger partial charge in [0, 0.05) is 38.5 Å². The van der Waals surface area contributed by atoms with Gasteiger partial charge in [-0.15, -0.1) is 0 Å². The molecule has 1 unspecified atom stereocenters. The highest BCUT2D eigenvalue weighted by Gasteiger charge is 2.20. The number of hydrogen-bond donors (Lipinski definition) is 2. The molecule has 152 valence electrons. The lowest BCUT2D eigenvalue weighted by atomic mass is 10.0. The van der Waals surface area contributed by atoms with Gasteiger partial charge < -0.3 is 24.8 Å². The molecule has 0 saturated carbocycles. The van der Waals surface area contributed by atoms with E-state index in [9.17, 15) is 0 Å². The fourth-order valence-corrected chi connectivity index (χ4v) is 3.30. The number of nitrogens with zero attached hydrogens (tertiary/aromatic N) is 4. The molecule has 1 fully saturated rings. The van der Waals surface area contributed by atoms with Gasteiger partial charge in [0.2, 0.25) is 5.89 Å². The molecule has 1 aromatic heterocycles. The molecule has 8 nitrogen and oxygen atoms in total. The van der Waals surface area contributed by atoms with E-state index in [1.54, 1.807) is 7.05 Å². The first-order chi connectivity index (χ1) is 13.7. The molecule has 8 heteroatoms. The zero-order chi connectivity index (χ0) is 19.8. The summed E-state index contributed by atoms with van der Waals surface area (Å²) in [5.74, 6) is 1.83. The Morgan fingerprint density at radius 2 is 2.07 bits per heavy atom. The normalized spacial score (nSPS) is 16.8. The van der Waals surface area contributed by atoms with E-state index >= 15 is 0 Å². The maximum absolute atomic E-state index is 5.48. The summed E-state index contributed by atoms with van der Waals surface area (Å²) >= 11 is 0. The number of nitrogens with one attached hydrogen (secondary N) is 2. The van der Waals surface area contributed by atoms with Gasteiger partial charge in [-0.3, -0.25) is 4.99 Å². The molecule has 0 aliphatic carbocycles. The van der Waals surface area contributed by atoms with Gasteiger partial charge in [-0.25, -0.2) is 0 Å². The van der Waals surface area contributed by atoms with Crippen LogP contribution in [0.3, 0.4) is 0 Å². The van der Waals surface area contributed by atoms with Crippen molar-refractivity contribution in [1.82, 2.24) is 20.8 Å². The maximum atomic E-state index is 5.48. The molecule has 0 spiro atoms. The first-order valence-electron chi connectivity index (χ1n) is 9.90. The molecule has 1 aliphatic heterocycles. The molecular formula is C20H30N6O2. The smallest absolute Gasteiger partial charge is 0.246 e. The Bertz CT molecular complexity index is 740. The van der Waals surface area contributed by atoms with E-state index in [0.29, 0.717) is 30.9 Å². The summed E-state index contributed by atoms with van der Waals surface area (Å²) in [6.07, 6.45) is 1.95. The Balaban J connectivity index is 1.44. The Labute approximate surface area is 166 Å². The summed E-state index contributed by atoms with van der Waals surface area (Å²) in [6, 6.07) is 10.9. The van der Waals surface area contributed by atoms with Crippen molar-refractivity contribution in [3.8, 4) is 0 Å². The molecule has 2 aromatic rings. The van der Waals surface area contributed by atoms with Crippen molar-refractivity contribution in [1.29, 1.82) is 0 Å². The zero-order valence-corrected chi connectivity index (χ0v) is 16.9. The van der Waals surface area contributed by atoms with Crippen molar-refractivity contribution >= 4 is 11.6 Å². The molecule has 2 heterocycles. The predicted octanol–water partition coefficient (Wildman–Crippen LogP) is 2.50. The van der Waals surface area contributed by atoms with E-state index in [4.69, 9.17) is 9.26 Å². The lowest BCUT2D eigenvalue weighted by Crippen LogP contribution is -2.48. The predicted molar refractivity (Wildman–Crippen MR) is 109 cm³/mol. The van der Waals surface area contributed by atoms with E-state index in [1.165, 1.54) is 5.69 Å². The Morgan fingerprint density at radius 1 is 1.32 bits per heavy atom. The largest absolute Gasteiger partial charge is 0.371 e. The molecule has 2 N–H and O–H groups in total. The molecule has 28 heavy (non-hydrogen) atoms. The Morgan fingerprint density at radius 3 is 2.75 bits per heavy atom. The Kier molecular flexibility index (Phi) is 7.25. The molecule has 0 bridgehead atoms. The van der Waals surface area contributed by atoms with E-state index in [0.717, 1.165) is 31.9 Å². The molecule has 0 radical (unpaired) electrons. The molecule has 3 rings (SSSR count). The van der Waals surface area contributed by atoms with Crippen molar-refractivity contribution in [2.24, 2.45) is 4.99 Å². The fraction of sp³-hybridized carbons (Fsp3) is 0.550. The number of para-hydroxylation sites is 1. The third-order valence-corrected chi connectivity index (χ3v) is 4.85. The average Bonchev–Trinajstić information content (AvgIpc) is 3.21. The SMILES string of the molecule is CCOC(C)c1noc(CNC(=NC)NC2CCN(c3ccccc3)CC2)n1. The summed E-state index contributed by atoms with van der Waals surface area (Å²) in [5, 5.41) is 10.7. The summed E-state index contributed by atoms with van der Waals surface area (Å²) in [4.78, 5) is 11.1. The monoisotopic (exact) mass is 386 g/mol. The summed E-state index contributed by atoms with van der Waals surface area (Å²) in [6.45, 7) is 6.95. The second-order valence-electron chi connectivity index (χ2n) is 6.81. The van der Waals surface area contributed by atoms with Crippen molar-refractivity contribution in [2.45, 2.75) is 45.4 Å². The van der Waals surface area contributed by atoms with E-state index in [2.05, 4.69) is 61.0 Å². The van der Waals surface area contributed by atoms with E-state index in [-0.39, 0.29) is 6.10 Å². The average molecular weight is 387 g/mol. The number of hydrogen-bond acceptors (Lipinski definition) is 6. The number of rotatable bonds is 7. The number of ether oxygens (including phenoxy) is 1. The number of aromatic nitrogens is 2. The van der Waals surface area contributed by atoms with Crippen LogP contribution in [0.1, 0.15) is 44.5 Å². The van der Waals surface area contributed by atoms with Crippen LogP contribution in [-0.4, -0.2) is 48.9 Å². The quantitative estimate of drug-likeness (QED) is 0.558. The van der Waals surface area contributed by atoms with Crippen LogP contribution in [0.25, 0.3) is 0 Å². The van der Waals surface area contributed by atoms with Gasteiger partial charge in [-0.05, 0) is 38.8 Å². The third kappa shape index (κ3) is 5.45. The second kappa shape index (κ2) is 10.1. The van der Waals surface area contributed by atoms with Crippen LogP contribution < -0.4 is 15.5 Å². The molecule has 1 saturated heterocycles. The van der Waals surface area contributed by atoms with Crippen LogP contribution in [0.4, 0.5) is 5.69 Å². The second-order valence-corrected chi connectivity index (χ2v) is 6.81. The van der Waals surface area contributed by atoms with Crippen molar-refractivity contribution < 1.29 is 9.26 Å². The van der Waals surface area contributed by atoms with Crippen LogP contribution in [0.15, 0.2) is 39.8 Å². The topological polar surface area (TPSA) is 87.8 Å². The van der Waals surface area contributed by atoms with Gasteiger partial charge in [0.1, 0.15) is 6.10 Å². The molecule has 1 atom stereocenters. The summed E-state index contributed by atoms with van der Waals surface area (Å²) < 4.78 is 10.8. The van der Waals surface area contributed by atoms with Crippen LogP contribution in [0.5, 0.6) is 0 Å². The van der Waals surface area contributed by atoms with Crippen molar-refractivity contribution in [2.75, 3.05) is 31.6 Å². The molecule has 0 amide bonds. The first-order valence-corrected chi connectivity index (χ1v) is 9.90. The maximum Gasteiger partial charge on any atom is 0.246 e. The minimum absolute atomic E-state index is 0.172. The van der Waals surface area contributed by atoms with Gasteiger partial charge in [-0.1, -0.05) is 23.4 Å². The van der Waals surface area contributed by atoms with Crippen molar-refractivity contribution in [3.63, 3.8) is 0 Å². The summed E-state index contributed by atoms with van der Waals surface area (Å²) in [7, 11) is 1.77. The number of guanidine groups is 1. The van der Waals surface area contributed by atoms with Gasteiger partial charge in [0.05, 0.1) is 6.54 Å². The van der Waals surface area contributed by atoms with Gasteiger partial charge in [-0.2, -0.15) is 4.98 Å².